The van der Waals surface area contributed by atoms with E-state index in [1.165, 1.54) is 18.4 Å². The van der Waals surface area contributed by atoms with Crippen molar-refractivity contribution in [2.75, 3.05) is 11.6 Å². The number of benzene rings is 1. The van der Waals surface area contributed by atoms with Crippen LogP contribution in [0.25, 0.3) is 0 Å². The fourth-order valence-electron chi connectivity index (χ4n) is 1.55. The summed E-state index contributed by atoms with van der Waals surface area (Å²) in [6.45, 7) is 2.45. The molecule has 0 bridgehead atoms. The lowest BCUT2D eigenvalue weighted by Crippen LogP contribution is -2.03. The van der Waals surface area contributed by atoms with E-state index in [2.05, 4.69) is 10.3 Å². The molecule has 0 fully saturated rings. The molecule has 102 valence electrons. The maximum Gasteiger partial charge on any atom is 0.175 e. The molecule has 0 amide bonds. The first-order valence-corrected chi connectivity index (χ1v) is 8.65. The van der Waals surface area contributed by atoms with E-state index in [1.54, 1.807) is 17.4 Å². The Bertz CT molecular complexity index is 696. The Balaban J connectivity index is 2.20. The van der Waals surface area contributed by atoms with Gasteiger partial charge in [-0.1, -0.05) is 11.6 Å². The molecule has 0 aliphatic carbocycles. The van der Waals surface area contributed by atoms with Crippen LogP contribution in [0.4, 0.5) is 5.69 Å². The molecule has 4 nitrogen and oxygen atoms in total. The minimum Gasteiger partial charge on any atom is -0.378 e. The van der Waals surface area contributed by atoms with E-state index in [-0.39, 0.29) is 4.90 Å². The summed E-state index contributed by atoms with van der Waals surface area (Å²) in [6, 6.07) is 4.61. The lowest BCUT2D eigenvalue weighted by Gasteiger charge is -2.08. The minimum absolute atomic E-state index is 0.244. The van der Waals surface area contributed by atoms with Crippen molar-refractivity contribution in [3.63, 3.8) is 0 Å². The van der Waals surface area contributed by atoms with Crippen LogP contribution in [0.1, 0.15) is 10.7 Å². The maximum atomic E-state index is 11.5. The van der Waals surface area contributed by atoms with Crippen LogP contribution in [0.5, 0.6) is 0 Å². The summed E-state index contributed by atoms with van der Waals surface area (Å²) < 4.78 is 23.0. The highest BCUT2D eigenvalue weighted by Crippen LogP contribution is 2.25. The third-order valence-corrected chi connectivity index (χ3v) is 4.75. The second-order valence-corrected chi connectivity index (χ2v) is 7.61. The number of rotatable bonds is 4. The number of halogens is 1. The highest BCUT2D eigenvalue weighted by atomic mass is 35.5. The number of nitrogens with one attached hydrogen (secondary N) is 1. The fourth-order valence-corrected chi connectivity index (χ4v) is 2.99. The molecule has 1 aromatic heterocycles. The maximum absolute atomic E-state index is 11.5. The molecule has 0 atom stereocenters. The highest BCUT2D eigenvalue weighted by molar-refractivity contribution is 7.90. The van der Waals surface area contributed by atoms with Crippen LogP contribution in [0.3, 0.4) is 0 Å². The third kappa shape index (κ3) is 3.68. The van der Waals surface area contributed by atoms with Crippen LogP contribution < -0.4 is 5.32 Å². The Hall–Kier alpha value is -1.11. The van der Waals surface area contributed by atoms with Gasteiger partial charge in [-0.2, -0.15) is 0 Å². The van der Waals surface area contributed by atoms with E-state index in [4.69, 9.17) is 11.6 Å². The molecule has 2 rings (SSSR count). The quantitative estimate of drug-likeness (QED) is 0.941. The predicted molar refractivity (Wildman–Crippen MR) is 78.7 cm³/mol. The van der Waals surface area contributed by atoms with Gasteiger partial charge in [0, 0.05) is 11.6 Å². The molecule has 0 aliphatic rings. The van der Waals surface area contributed by atoms with Crippen molar-refractivity contribution in [3.8, 4) is 0 Å². The molecule has 0 saturated heterocycles. The topological polar surface area (TPSA) is 59.1 Å². The molecule has 0 saturated carbocycles. The Labute approximate surface area is 121 Å². The normalized spacial score (nSPS) is 11.5. The van der Waals surface area contributed by atoms with Crippen molar-refractivity contribution < 1.29 is 8.42 Å². The molecular formula is C12H13ClN2O2S2. The lowest BCUT2D eigenvalue weighted by molar-refractivity contribution is 0.602. The summed E-state index contributed by atoms with van der Waals surface area (Å²) in [4.78, 5) is 4.57. The van der Waals surface area contributed by atoms with E-state index in [1.807, 2.05) is 12.3 Å². The predicted octanol–water partition coefficient (Wildman–Crippen LogP) is 3.12. The number of aryl methyl sites for hydroxylation is 1. The van der Waals surface area contributed by atoms with Gasteiger partial charge in [0.25, 0.3) is 0 Å². The number of nitrogens with zero attached hydrogens (tertiary/aromatic N) is 1. The van der Waals surface area contributed by atoms with Crippen molar-refractivity contribution in [2.45, 2.75) is 18.4 Å². The monoisotopic (exact) mass is 316 g/mol. The van der Waals surface area contributed by atoms with Crippen LogP contribution in [0.2, 0.25) is 5.02 Å². The Morgan fingerprint density at radius 1 is 1.42 bits per heavy atom. The molecule has 7 heteroatoms. The van der Waals surface area contributed by atoms with Crippen molar-refractivity contribution in [3.05, 3.63) is 39.3 Å². The van der Waals surface area contributed by atoms with E-state index in [0.717, 1.165) is 10.7 Å². The first kappa shape index (κ1) is 14.3. The molecule has 0 aliphatic heterocycles. The molecule has 1 heterocycles. The lowest BCUT2D eigenvalue weighted by atomic mass is 10.3. The molecular weight excluding hydrogens is 304 g/mol. The van der Waals surface area contributed by atoms with Crippen LogP contribution >= 0.6 is 22.9 Å². The van der Waals surface area contributed by atoms with E-state index in [0.29, 0.717) is 17.3 Å². The number of hydrogen-bond donors (Lipinski definition) is 1. The molecule has 19 heavy (non-hydrogen) atoms. The fraction of sp³-hybridized carbons (Fsp3) is 0.250. The number of aromatic nitrogens is 1. The first-order chi connectivity index (χ1) is 8.86. The first-order valence-electron chi connectivity index (χ1n) is 5.51. The van der Waals surface area contributed by atoms with Crippen molar-refractivity contribution in [2.24, 2.45) is 0 Å². The van der Waals surface area contributed by atoms with Crippen molar-refractivity contribution >= 4 is 38.5 Å². The number of hydrogen-bond acceptors (Lipinski definition) is 5. The van der Waals surface area contributed by atoms with E-state index >= 15 is 0 Å². The molecule has 0 radical (unpaired) electrons. The van der Waals surface area contributed by atoms with E-state index < -0.39 is 9.84 Å². The minimum atomic E-state index is -3.23. The average molecular weight is 317 g/mol. The highest BCUT2D eigenvalue weighted by Gasteiger charge is 2.10. The summed E-state index contributed by atoms with van der Waals surface area (Å²) in [5.41, 5.74) is 1.50. The standard InChI is InChI=1S/C12H13ClN2O2S2/c1-8-15-9(7-18-8)6-14-12-5-10(19(2,16)17)3-4-11(12)13/h3-5,7,14H,6H2,1-2H3. The molecule has 1 N–H and O–H groups in total. The largest absolute Gasteiger partial charge is 0.378 e. The second-order valence-electron chi connectivity index (χ2n) is 4.13. The van der Waals surface area contributed by atoms with Gasteiger partial charge in [-0.25, -0.2) is 13.4 Å². The smallest absolute Gasteiger partial charge is 0.175 e. The van der Waals surface area contributed by atoms with Gasteiger partial charge in [0.2, 0.25) is 0 Å². The van der Waals surface area contributed by atoms with Gasteiger partial charge in [0.05, 0.1) is 32.9 Å². The van der Waals surface area contributed by atoms with Gasteiger partial charge >= 0.3 is 0 Å². The van der Waals surface area contributed by atoms with Gasteiger partial charge in [-0.15, -0.1) is 11.3 Å². The SMILES string of the molecule is Cc1nc(CNc2cc(S(C)(=O)=O)ccc2Cl)cs1. The second kappa shape index (κ2) is 5.48. The Kier molecular flexibility index (Phi) is 4.13. The zero-order chi connectivity index (χ0) is 14.0. The van der Waals surface area contributed by atoms with Crippen LogP contribution in [0.15, 0.2) is 28.5 Å². The van der Waals surface area contributed by atoms with E-state index in [9.17, 15) is 8.42 Å². The van der Waals surface area contributed by atoms with Gasteiger partial charge in [0.1, 0.15) is 0 Å². The Morgan fingerprint density at radius 2 is 2.16 bits per heavy atom. The molecule has 0 spiro atoms. The average Bonchev–Trinajstić information content (AvgIpc) is 2.72. The molecule has 2 aromatic rings. The van der Waals surface area contributed by atoms with Gasteiger partial charge in [0.15, 0.2) is 9.84 Å². The zero-order valence-electron chi connectivity index (χ0n) is 10.5. The van der Waals surface area contributed by atoms with Gasteiger partial charge < -0.3 is 5.32 Å². The summed E-state index contributed by atoms with van der Waals surface area (Å²) in [7, 11) is -3.23. The van der Waals surface area contributed by atoms with Crippen LogP contribution in [0, 0.1) is 6.92 Å². The Morgan fingerprint density at radius 3 is 2.74 bits per heavy atom. The van der Waals surface area contributed by atoms with Crippen molar-refractivity contribution in [1.29, 1.82) is 0 Å². The van der Waals surface area contributed by atoms with Crippen LogP contribution in [-0.4, -0.2) is 19.7 Å². The van der Waals surface area contributed by atoms with Crippen molar-refractivity contribution in [1.82, 2.24) is 4.98 Å². The summed E-state index contributed by atoms with van der Waals surface area (Å²) in [6.07, 6.45) is 1.17. The summed E-state index contributed by atoms with van der Waals surface area (Å²) >= 11 is 7.61. The molecule has 1 aromatic carbocycles. The summed E-state index contributed by atoms with van der Waals surface area (Å²) in [5, 5.41) is 6.54. The molecule has 0 unspecified atom stereocenters. The number of sulfone groups is 1. The summed E-state index contributed by atoms with van der Waals surface area (Å²) in [5.74, 6) is 0. The third-order valence-electron chi connectivity index (χ3n) is 2.49. The van der Waals surface area contributed by atoms with Gasteiger partial charge in [-0.3, -0.25) is 0 Å². The number of thiazole rings is 1. The number of anilines is 1. The van der Waals surface area contributed by atoms with Crippen LogP contribution in [-0.2, 0) is 16.4 Å². The zero-order valence-corrected chi connectivity index (χ0v) is 12.9. The van der Waals surface area contributed by atoms with Gasteiger partial charge in [-0.05, 0) is 25.1 Å².